The van der Waals surface area contributed by atoms with Crippen molar-refractivity contribution in [1.29, 1.82) is 0 Å². The largest absolute Gasteiger partial charge is 0.489 e. The molecule has 0 aromatic heterocycles. The summed E-state index contributed by atoms with van der Waals surface area (Å²) in [5, 5.41) is 1.30. The Hall–Kier alpha value is -2.75. The second-order valence-corrected chi connectivity index (χ2v) is 7.21. The van der Waals surface area contributed by atoms with Crippen molar-refractivity contribution in [2.24, 2.45) is 0 Å². The minimum atomic E-state index is -0.330. The number of ether oxygens (including phenoxy) is 2. The fourth-order valence-corrected chi connectivity index (χ4v) is 3.39. The Kier molecular flexibility index (Phi) is 5.38. The molecular weight excluding hydrogens is 395 g/mol. The van der Waals surface area contributed by atoms with E-state index >= 15 is 0 Å². The molecule has 4 rings (SSSR count). The van der Waals surface area contributed by atoms with Gasteiger partial charge in [0, 0.05) is 15.6 Å². The highest BCUT2D eigenvalue weighted by atomic mass is 35.5. The smallest absolute Gasteiger partial charge is 0.339 e. The lowest BCUT2D eigenvalue weighted by Gasteiger charge is -2.12. The van der Waals surface area contributed by atoms with E-state index in [0.717, 1.165) is 22.3 Å². The SMILES string of the molecule is O=C1OCC(c2ccc(Cl)cc2)=C1c1ccccc1COc1ccc(Cl)cc1. The zero-order valence-corrected chi connectivity index (χ0v) is 16.3. The molecule has 1 aliphatic rings. The van der Waals surface area contributed by atoms with Crippen LogP contribution in [0, 0.1) is 0 Å². The predicted octanol–water partition coefficient (Wildman–Crippen LogP) is 6.04. The molecule has 3 nitrogen and oxygen atoms in total. The van der Waals surface area contributed by atoms with Crippen molar-refractivity contribution in [3.8, 4) is 5.75 Å². The summed E-state index contributed by atoms with van der Waals surface area (Å²) in [5.41, 5.74) is 4.04. The number of hydrogen-bond acceptors (Lipinski definition) is 3. The quantitative estimate of drug-likeness (QED) is 0.480. The molecule has 3 aromatic rings. The van der Waals surface area contributed by atoms with E-state index < -0.39 is 0 Å². The molecule has 28 heavy (non-hydrogen) atoms. The maximum Gasteiger partial charge on any atom is 0.339 e. The molecule has 3 aromatic carbocycles. The van der Waals surface area contributed by atoms with Gasteiger partial charge in [-0.1, -0.05) is 59.6 Å². The monoisotopic (exact) mass is 410 g/mol. The lowest BCUT2D eigenvalue weighted by atomic mass is 9.93. The van der Waals surface area contributed by atoms with E-state index in [1.807, 2.05) is 48.5 Å². The van der Waals surface area contributed by atoms with Gasteiger partial charge in [-0.15, -0.1) is 0 Å². The summed E-state index contributed by atoms with van der Waals surface area (Å²) in [5.74, 6) is 0.379. The van der Waals surface area contributed by atoms with Gasteiger partial charge in [0.1, 0.15) is 19.0 Å². The van der Waals surface area contributed by atoms with E-state index in [1.54, 1.807) is 24.3 Å². The fraction of sp³-hybridized carbons (Fsp3) is 0.0870. The van der Waals surface area contributed by atoms with Crippen molar-refractivity contribution >= 4 is 40.3 Å². The normalized spacial score (nSPS) is 13.6. The van der Waals surface area contributed by atoms with Crippen molar-refractivity contribution in [3.05, 3.63) is 99.5 Å². The minimum absolute atomic E-state index is 0.238. The summed E-state index contributed by atoms with van der Waals surface area (Å²) in [7, 11) is 0. The molecule has 0 saturated heterocycles. The zero-order chi connectivity index (χ0) is 19.5. The number of esters is 1. The molecule has 0 unspecified atom stereocenters. The van der Waals surface area contributed by atoms with Crippen LogP contribution >= 0.6 is 23.2 Å². The van der Waals surface area contributed by atoms with Gasteiger partial charge in [0.15, 0.2) is 0 Å². The Morgan fingerprint density at radius 2 is 1.50 bits per heavy atom. The molecule has 0 N–H and O–H groups in total. The highest BCUT2D eigenvalue weighted by Crippen LogP contribution is 2.35. The van der Waals surface area contributed by atoms with Gasteiger partial charge in [0.25, 0.3) is 0 Å². The molecule has 1 heterocycles. The second-order valence-electron chi connectivity index (χ2n) is 6.34. The number of cyclic esters (lactones) is 1. The Morgan fingerprint density at radius 1 is 0.857 bits per heavy atom. The van der Waals surface area contributed by atoms with E-state index in [4.69, 9.17) is 32.7 Å². The maximum absolute atomic E-state index is 12.5. The number of rotatable bonds is 5. The van der Waals surface area contributed by atoms with Crippen LogP contribution in [0.2, 0.25) is 10.0 Å². The molecule has 140 valence electrons. The van der Waals surface area contributed by atoms with Gasteiger partial charge in [-0.2, -0.15) is 0 Å². The molecular formula is C23H16Cl2O3. The lowest BCUT2D eigenvalue weighted by molar-refractivity contribution is -0.133. The van der Waals surface area contributed by atoms with Crippen LogP contribution in [-0.2, 0) is 16.1 Å². The van der Waals surface area contributed by atoms with Crippen molar-refractivity contribution in [2.75, 3.05) is 6.61 Å². The first-order valence-corrected chi connectivity index (χ1v) is 9.50. The molecule has 0 radical (unpaired) electrons. The summed E-state index contributed by atoms with van der Waals surface area (Å²) in [4.78, 5) is 12.5. The molecule has 0 aliphatic carbocycles. The van der Waals surface area contributed by atoms with Crippen molar-refractivity contribution < 1.29 is 14.3 Å². The second kappa shape index (κ2) is 8.09. The van der Waals surface area contributed by atoms with E-state index in [0.29, 0.717) is 28.0 Å². The third kappa shape index (κ3) is 3.91. The number of hydrogen-bond donors (Lipinski definition) is 0. The molecule has 5 heteroatoms. The van der Waals surface area contributed by atoms with Gasteiger partial charge in [0.2, 0.25) is 0 Å². The van der Waals surface area contributed by atoms with Crippen LogP contribution in [0.25, 0.3) is 11.1 Å². The van der Waals surface area contributed by atoms with Crippen LogP contribution in [0.4, 0.5) is 0 Å². The molecule has 0 saturated carbocycles. The molecule has 0 atom stereocenters. The van der Waals surface area contributed by atoms with Crippen LogP contribution < -0.4 is 4.74 Å². The lowest BCUT2D eigenvalue weighted by Crippen LogP contribution is -2.04. The Labute approximate surface area is 173 Å². The van der Waals surface area contributed by atoms with Gasteiger partial charge >= 0.3 is 5.97 Å². The summed E-state index contributed by atoms with van der Waals surface area (Å²) in [6.07, 6.45) is 0. The van der Waals surface area contributed by atoms with Crippen molar-refractivity contribution in [3.63, 3.8) is 0 Å². The van der Waals surface area contributed by atoms with Gasteiger partial charge in [-0.3, -0.25) is 0 Å². The first-order valence-electron chi connectivity index (χ1n) is 8.74. The minimum Gasteiger partial charge on any atom is -0.489 e. The van der Waals surface area contributed by atoms with Gasteiger partial charge < -0.3 is 9.47 Å². The Bertz CT molecular complexity index is 1040. The van der Waals surface area contributed by atoms with Crippen LogP contribution in [0.3, 0.4) is 0 Å². The third-order valence-corrected chi connectivity index (χ3v) is 5.04. The average molecular weight is 411 g/mol. The van der Waals surface area contributed by atoms with Crippen LogP contribution in [0.5, 0.6) is 5.75 Å². The summed E-state index contributed by atoms with van der Waals surface area (Å²) < 4.78 is 11.2. The van der Waals surface area contributed by atoms with Gasteiger partial charge in [-0.05, 0) is 53.1 Å². The molecule has 0 spiro atoms. The van der Waals surface area contributed by atoms with E-state index in [1.165, 1.54) is 0 Å². The number of carbonyl (C=O) groups is 1. The van der Waals surface area contributed by atoms with Crippen LogP contribution in [0.1, 0.15) is 16.7 Å². The maximum atomic E-state index is 12.5. The van der Waals surface area contributed by atoms with E-state index in [9.17, 15) is 4.79 Å². The summed E-state index contributed by atoms with van der Waals surface area (Å²) >= 11 is 11.9. The highest BCUT2D eigenvalue weighted by Gasteiger charge is 2.28. The Morgan fingerprint density at radius 3 is 2.21 bits per heavy atom. The molecule has 0 bridgehead atoms. The molecule has 0 amide bonds. The fourth-order valence-electron chi connectivity index (χ4n) is 3.14. The van der Waals surface area contributed by atoms with Gasteiger partial charge in [0.05, 0.1) is 5.57 Å². The van der Waals surface area contributed by atoms with Crippen LogP contribution in [-0.4, -0.2) is 12.6 Å². The van der Waals surface area contributed by atoms with Crippen molar-refractivity contribution in [2.45, 2.75) is 6.61 Å². The number of benzene rings is 3. The number of halogens is 2. The molecule has 1 aliphatic heterocycles. The van der Waals surface area contributed by atoms with Gasteiger partial charge in [-0.25, -0.2) is 4.79 Å². The predicted molar refractivity (Wildman–Crippen MR) is 111 cm³/mol. The van der Waals surface area contributed by atoms with E-state index in [2.05, 4.69) is 0 Å². The topological polar surface area (TPSA) is 35.5 Å². The standard InChI is InChI=1S/C23H16Cl2O3/c24-17-7-5-15(6-8-17)21-14-28-23(26)22(21)20-4-2-1-3-16(20)13-27-19-11-9-18(25)10-12-19/h1-12H,13-14H2. The summed E-state index contributed by atoms with van der Waals surface area (Å²) in [6.45, 7) is 0.560. The zero-order valence-electron chi connectivity index (χ0n) is 14.8. The molecule has 0 fully saturated rings. The Balaban J connectivity index is 1.69. The first-order chi connectivity index (χ1) is 13.6. The van der Waals surface area contributed by atoms with E-state index in [-0.39, 0.29) is 12.6 Å². The van der Waals surface area contributed by atoms with Crippen LogP contribution in [0.15, 0.2) is 72.8 Å². The summed E-state index contributed by atoms with van der Waals surface area (Å²) in [6, 6.07) is 22.3. The number of carbonyl (C=O) groups excluding carboxylic acids is 1. The average Bonchev–Trinajstić information content (AvgIpc) is 3.09. The highest BCUT2D eigenvalue weighted by molar-refractivity contribution is 6.31. The van der Waals surface area contributed by atoms with Crippen molar-refractivity contribution in [1.82, 2.24) is 0 Å². The first kappa shape index (κ1) is 18.6. The third-order valence-electron chi connectivity index (χ3n) is 4.54.